The molecule has 1 aromatic carbocycles. The Morgan fingerprint density at radius 1 is 1.25 bits per heavy atom. The molecule has 0 aliphatic rings. The van der Waals surface area contributed by atoms with Crippen LogP contribution >= 0.6 is 35.0 Å². The van der Waals surface area contributed by atoms with Crippen molar-refractivity contribution in [3.05, 3.63) is 27.7 Å². The number of benzene rings is 1. The van der Waals surface area contributed by atoms with Crippen LogP contribution in [0.2, 0.25) is 10.0 Å². The van der Waals surface area contributed by atoms with Crippen molar-refractivity contribution in [2.75, 3.05) is 18.6 Å². The van der Waals surface area contributed by atoms with Gasteiger partial charge in [0.1, 0.15) is 4.90 Å². The molecule has 3 N–H and O–H groups in total. The van der Waals surface area contributed by atoms with Gasteiger partial charge >= 0.3 is 0 Å². The zero-order valence-electron chi connectivity index (χ0n) is 11.2. The molecule has 8 heteroatoms. The topological polar surface area (TPSA) is 72.2 Å². The number of rotatable bonds is 8. The highest BCUT2D eigenvalue weighted by molar-refractivity contribution is 7.98. The van der Waals surface area contributed by atoms with Crippen molar-refractivity contribution in [2.24, 2.45) is 5.73 Å². The fourth-order valence-corrected chi connectivity index (χ4v) is 4.03. The number of nitrogens with two attached hydrogens (primary N) is 1. The van der Waals surface area contributed by atoms with Gasteiger partial charge in [-0.25, -0.2) is 13.1 Å². The summed E-state index contributed by atoms with van der Waals surface area (Å²) in [4.78, 5) is 0.0221. The van der Waals surface area contributed by atoms with Crippen LogP contribution in [0.4, 0.5) is 0 Å². The van der Waals surface area contributed by atoms with Gasteiger partial charge in [-0.3, -0.25) is 0 Å². The molecule has 0 fully saturated rings. The summed E-state index contributed by atoms with van der Waals surface area (Å²) >= 11 is 13.6. The number of halogens is 2. The SMILES string of the molecule is CSCCCCNS(=O)(=O)c1cc(CN)c(Cl)cc1Cl. The Balaban J connectivity index is 2.82. The van der Waals surface area contributed by atoms with Gasteiger partial charge in [-0.15, -0.1) is 0 Å². The summed E-state index contributed by atoms with van der Waals surface area (Å²) in [5, 5.41) is 0.472. The number of nitrogens with one attached hydrogen (secondary N) is 1. The molecule has 0 spiro atoms. The molecule has 1 rings (SSSR count). The first kappa shape index (κ1) is 18.1. The summed E-state index contributed by atoms with van der Waals surface area (Å²) in [7, 11) is -3.63. The molecule has 0 aliphatic carbocycles. The summed E-state index contributed by atoms with van der Waals surface area (Å²) in [5.41, 5.74) is 6.08. The average molecular weight is 357 g/mol. The second-order valence-corrected chi connectivity index (χ2v) is 7.71. The molecule has 20 heavy (non-hydrogen) atoms. The molecular formula is C12H18Cl2N2O2S2. The number of thioether (sulfide) groups is 1. The lowest BCUT2D eigenvalue weighted by Crippen LogP contribution is -2.25. The molecule has 0 amide bonds. The Hall–Kier alpha value is 0.0200. The normalized spacial score (nSPS) is 11.8. The van der Waals surface area contributed by atoms with Gasteiger partial charge in [0.25, 0.3) is 0 Å². The Morgan fingerprint density at radius 3 is 2.55 bits per heavy atom. The van der Waals surface area contributed by atoms with Gasteiger partial charge in [-0.05, 0) is 42.5 Å². The molecular weight excluding hydrogens is 339 g/mol. The number of sulfonamides is 1. The lowest BCUT2D eigenvalue weighted by molar-refractivity contribution is 0.578. The van der Waals surface area contributed by atoms with Crippen LogP contribution in [0.15, 0.2) is 17.0 Å². The molecule has 0 radical (unpaired) electrons. The van der Waals surface area contributed by atoms with Crippen LogP contribution in [0.1, 0.15) is 18.4 Å². The fraction of sp³-hybridized carbons (Fsp3) is 0.500. The molecule has 4 nitrogen and oxygen atoms in total. The van der Waals surface area contributed by atoms with Crippen LogP contribution in [0.3, 0.4) is 0 Å². The second-order valence-electron chi connectivity index (χ2n) is 4.18. The maximum atomic E-state index is 12.2. The predicted octanol–water partition coefficient (Wildman–Crippen LogP) is 2.87. The summed E-state index contributed by atoms with van der Waals surface area (Å²) < 4.78 is 26.9. The highest BCUT2D eigenvalue weighted by atomic mass is 35.5. The van der Waals surface area contributed by atoms with Gasteiger partial charge in [-0.1, -0.05) is 23.2 Å². The van der Waals surface area contributed by atoms with E-state index in [1.165, 1.54) is 12.1 Å². The van der Waals surface area contributed by atoms with E-state index >= 15 is 0 Å². The molecule has 0 aromatic heterocycles. The molecule has 1 aromatic rings. The summed E-state index contributed by atoms with van der Waals surface area (Å²) in [6.45, 7) is 0.548. The zero-order valence-corrected chi connectivity index (χ0v) is 14.3. The highest BCUT2D eigenvalue weighted by Gasteiger charge is 2.19. The first-order valence-electron chi connectivity index (χ1n) is 6.09. The van der Waals surface area contributed by atoms with E-state index in [1.54, 1.807) is 11.8 Å². The van der Waals surface area contributed by atoms with E-state index in [1.807, 2.05) is 6.26 Å². The zero-order chi connectivity index (χ0) is 15.2. The van der Waals surface area contributed by atoms with Crippen LogP contribution in [-0.2, 0) is 16.6 Å². The molecule has 0 unspecified atom stereocenters. The van der Waals surface area contributed by atoms with Crippen LogP contribution in [0.5, 0.6) is 0 Å². The number of hydrogen-bond acceptors (Lipinski definition) is 4. The molecule has 0 saturated carbocycles. The van der Waals surface area contributed by atoms with Gasteiger partial charge < -0.3 is 5.73 Å². The molecule has 0 atom stereocenters. The van der Waals surface area contributed by atoms with E-state index in [0.717, 1.165) is 18.6 Å². The molecule has 0 aliphatic heterocycles. The van der Waals surface area contributed by atoms with Gasteiger partial charge in [0.05, 0.1) is 5.02 Å². The fourth-order valence-electron chi connectivity index (χ4n) is 1.59. The van der Waals surface area contributed by atoms with Crippen LogP contribution < -0.4 is 10.5 Å². The number of unbranched alkanes of at least 4 members (excludes halogenated alkanes) is 1. The van der Waals surface area contributed by atoms with E-state index in [-0.39, 0.29) is 16.5 Å². The third kappa shape index (κ3) is 5.09. The minimum atomic E-state index is -3.63. The Morgan fingerprint density at radius 2 is 1.95 bits per heavy atom. The van der Waals surface area contributed by atoms with Crippen molar-refractivity contribution in [1.82, 2.24) is 4.72 Å². The standard InChI is InChI=1S/C12H18Cl2N2O2S2/c1-19-5-3-2-4-16-20(17,18)12-6-9(8-15)10(13)7-11(12)14/h6-7,16H,2-5,8,15H2,1H3. The molecule has 114 valence electrons. The quantitative estimate of drug-likeness (QED) is 0.702. The lowest BCUT2D eigenvalue weighted by Gasteiger charge is -2.11. The molecule has 0 bridgehead atoms. The third-order valence-corrected chi connectivity index (χ3v) is 5.65. The van der Waals surface area contributed by atoms with E-state index in [0.29, 0.717) is 17.1 Å². The van der Waals surface area contributed by atoms with E-state index in [4.69, 9.17) is 28.9 Å². The largest absolute Gasteiger partial charge is 0.326 e. The molecule has 0 saturated heterocycles. The molecule has 0 heterocycles. The lowest BCUT2D eigenvalue weighted by atomic mass is 10.2. The minimum Gasteiger partial charge on any atom is -0.326 e. The van der Waals surface area contributed by atoms with Crippen LogP contribution in [0, 0.1) is 0 Å². The Bertz CT molecular complexity index is 551. The second kappa shape index (κ2) is 8.46. The van der Waals surface area contributed by atoms with E-state index in [9.17, 15) is 8.42 Å². The van der Waals surface area contributed by atoms with Crippen molar-refractivity contribution < 1.29 is 8.42 Å². The Kier molecular flexibility index (Phi) is 7.64. The first-order valence-corrected chi connectivity index (χ1v) is 9.72. The number of hydrogen-bond donors (Lipinski definition) is 2. The van der Waals surface area contributed by atoms with Gasteiger partial charge in [-0.2, -0.15) is 11.8 Å². The predicted molar refractivity (Wildman–Crippen MR) is 87.2 cm³/mol. The van der Waals surface area contributed by atoms with E-state index in [2.05, 4.69) is 4.72 Å². The van der Waals surface area contributed by atoms with Crippen molar-refractivity contribution in [3.63, 3.8) is 0 Å². The minimum absolute atomic E-state index is 0.0221. The third-order valence-electron chi connectivity index (χ3n) is 2.68. The summed E-state index contributed by atoms with van der Waals surface area (Å²) in [5.74, 6) is 1.01. The summed E-state index contributed by atoms with van der Waals surface area (Å²) in [6.07, 6.45) is 3.77. The van der Waals surface area contributed by atoms with Crippen molar-refractivity contribution in [1.29, 1.82) is 0 Å². The van der Waals surface area contributed by atoms with Crippen molar-refractivity contribution in [3.8, 4) is 0 Å². The van der Waals surface area contributed by atoms with Crippen molar-refractivity contribution >= 4 is 45.0 Å². The maximum Gasteiger partial charge on any atom is 0.242 e. The van der Waals surface area contributed by atoms with Crippen LogP contribution in [-0.4, -0.2) is 27.0 Å². The van der Waals surface area contributed by atoms with Gasteiger partial charge in [0, 0.05) is 18.1 Å². The van der Waals surface area contributed by atoms with Crippen molar-refractivity contribution in [2.45, 2.75) is 24.3 Å². The average Bonchev–Trinajstić information content (AvgIpc) is 2.38. The monoisotopic (exact) mass is 356 g/mol. The maximum absolute atomic E-state index is 12.2. The highest BCUT2D eigenvalue weighted by Crippen LogP contribution is 2.28. The summed E-state index contributed by atoms with van der Waals surface area (Å²) in [6, 6.07) is 2.84. The smallest absolute Gasteiger partial charge is 0.242 e. The van der Waals surface area contributed by atoms with Gasteiger partial charge in [0.15, 0.2) is 0 Å². The van der Waals surface area contributed by atoms with Gasteiger partial charge in [0.2, 0.25) is 10.0 Å². The van der Waals surface area contributed by atoms with Crippen LogP contribution in [0.25, 0.3) is 0 Å². The Labute approximate surface area is 134 Å². The van der Waals surface area contributed by atoms with E-state index < -0.39 is 10.0 Å². The first-order chi connectivity index (χ1) is 9.42.